The highest BCUT2D eigenvalue weighted by atomic mass is 16.5. The van der Waals surface area contributed by atoms with Crippen molar-refractivity contribution in [2.45, 2.75) is 12.3 Å². The minimum absolute atomic E-state index is 0.178. The Labute approximate surface area is 261 Å². The molecule has 0 aliphatic heterocycles. The maximum Gasteiger partial charge on any atom is 0.119 e. The monoisotopic (exact) mass is 571 g/mol. The van der Waals surface area contributed by atoms with E-state index in [1.165, 1.54) is 38.7 Å². The zero-order valence-corrected chi connectivity index (χ0v) is 25.1. The summed E-state index contributed by atoms with van der Waals surface area (Å²) < 4.78 is 5.51. The fraction of sp³-hybridized carbons (Fsp3) is 0.0952. The molecule has 2 heteroatoms. The van der Waals surface area contributed by atoms with Crippen LogP contribution >= 0.6 is 0 Å². The Kier molecular flexibility index (Phi) is 9.30. The second kappa shape index (κ2) is 14.2. The topological polar surface area (TPSA) is 12.5 Å². The summed E-state index contributed by atoms with van der Waals surface area (Å²) in [4.78, 5) is 2.47. The van der Waals surface area contributed by atoms with Crippen LogP contribution in [0.2, 0.25) is 0 Å². The molecule has 6 aromatic rings. The number of ether oxygens (including phenoxy) is 1. The Hall–Kier alpha value is -5.34. The van der Waals surface area contributed by atoms with Gasteiger partial charge in [0.2, 0.25) is 0 Å². The van der Waals surface area contributed by atoms with Gasteiger partial charge in [-0.05, 0) is 64.4 Å². The SMILES string of the molecule is COc1ccc(N(CC(c2ccccc2)c2ccccc2)c2ccc(C/C=C/C=C/c3ccccc3)c3ccccc23)cc1. The van der Waals surface area contributed by atoms with Crippen LogP contribution in [0.3, 0.4) is 0 Å². The Morgan fingerprint density at radius 3 is 1.82 bits per heavy atom. The molecule has 0 radical (unpaired) electrons. The van der Waals surface area contributed by atoms with Crippen molar-refractivity contribution in [3.05, 3.63) is 192 Å². The third-order valence-electron chi connectivity index (χ3n) is 8.11. The predicted molar refractivity (Wildman–Crippen MR) is 187 cm³/mol. The summed E-state index contributed by atoms with van der Waals surface area (Å²) in [6, 6.07) is 53.9. The molecule has 0 heterocycles. The lowest BCUT2D eigenvalue weighted by molar-refractivity contribution is 0.415. The highest BCUT2D eigenvalue weighted by Crippen LogP contribution is 2.38. The number of fused-ring (bicyclic) bond motifs is 1. The highest BCUT2D eigenvalue weighted by Gasteiger charge is 2.22. The lowest BCUT2D eigenvalue weighted by atomic mass is 9.90. The molecule has 0 atom stereocenters. The van der Waals surface area contributed by atoms with Gasteiger partial charge in [0.25, 0.3) is 0 Å². The summed E-state index contributed by atoms with van der Waals surface area (Å²) in [5.41, 5.74) is 7.44. The Bertz CT molecular complexity index is 1790. The number of hydrogen-bond acceptors (Lipinski definition) is 2. The smallest absolute Gasteiger partial charge is 0.119 e. The van der Waals surface area contributed by atoms with E-state index in [0.29, 0.717) is 0 Å². The Morgan fingerprint density at radius 2 is 1.18 bits per heavy atom. The number of hydrogen-bond donors (Lipinski definition) is 0. The summed E-state index contributed by atoms with van der Waals surface area (Å²) in [7, 11) is 1.71. The van der Waals surface area contributed by atoms with E-state index in [4.69, 9.17) is 4.74 Å². The van der Waals surface area contributed by atoms with Gasteiger partial charge < -0.3 is 9.64 Å². The second-order valence-corrected chi connectivity index (χ2v) is 10.9. The van der Waals surface area contributed by atoms with Gasteiger partial charge in [0.05, 0.1) is 7.11 Å². The van der Waals surface area contributed by atoms with Crippen molar-refractivity contribution in [3.8, 4) is 5.75 Å². The molecular formula is C42H37NO. The van der Waals surface area contributed by atoms with Crippen molar-refractivity contribution in [1.82, 2.24) is 0 Å². The van der Waals surface area contributed by atoms with Gasteiger partial charge in [-0.15, -0.1) is 0 Å². The zero-order valence-electron chi connectivity index (χ0n) is 25.1. The van der Waals surface area contributed by atoms with Crippen LogP contribution in [-0.4, -0.2) is 13.7 Å². The van der Waals surface area contributed by atoms with Crippen LogP contribution in [0.1, 0.15) is 28.2 Å². The molecule has 0 N–H and O–H groups in total. The quantitative estimate of drug-likeness (QED) is 0.143. The fourth-order valence-corrected chi connectivity index (χ4v) is 5.82. The van der Waals surface area contributed by atoms with Crippen LogP contribution in [0.4, 0.5) is 11.4 Å². The maximum absolute atomic E-state index is 5.51. The van der Waals surface area contributed by atoms with Crippen LogP contribution in [0.15, 0.2) is 170 Å². The molecular weight excluding hydrogens is 534 g/mol. The van der Waals surface area contributed by atoms with E-state index in [0.717, 1.165) is 24.4 Å². The molecule has 2 nitrogen and oxygen atoms in total. The van der Waals surface area contributed by atoms with E-state index in [1.54, 1.807) is 7.11 Å². The van der Waals surface area contributed by atoms with Gasteiger partial charge >= 0.3 is 0 Å². The molecule has 0 unspecified atom stereocenters. The average molecular weight is 572 g/mol. The molecule has 0 saturated heterocycles. The summed E-state index contributed by atoms with van der Waals surface area (Å²) >= 11 is 0. The lowest BCUT2D eigenvalue weighted by Gasteiger charge is -2.32. The molecule has 0 aromatic heterocycles. The lowest BCUT2D eigenvalue weighted by Crippen LogP contribution is -2.25. The van der Waals surface area contributed by atoms with Crippen molar-refractivity contribution in [1.29, 1.82) is 0 Å². The van der Waals surface area contributed by atoms with E-state index in [-0.39, 0.29) is 5.92 Å². The van der Waals surface area contributed by atoms with Crippen molar-refractivity contribution in [2.75, 3.05) is 18.6 Å². The molecule has 0 spiro atoms. The van der Waals surface area contributed by atoms with E-state index in [9.17, 15) is 0 Å². The van der Waals surface area contributed by atoms with E-state index in [1.807, 2.05) is 18.2 Å². The van der Waals surface area contributed by atoms with Crippen molar-refractivity contribution in [2.24, 2.45) is 0 Å². The molecule has 0 aliphatic rings. The first-order valence-electron chi connectivity index (χ1n) is 15.2. The largest absolute Gasteiger partial charge is 0.497 e. The molecule has 44 heavy (non-hydrogen) atoms. The fourth-order valence-electron chi connectivity index (χ4n) is 5.82. The van der Waals surface area contributed by atoms with Gasteiger partial charge in [0.1, 0.15) is 5.75 Å². The van der Waals surface area contributed by atoms with Crippen LogP contribution in [0.5, 0.6) is 5.75 Å². The molecule has 0 amide bonds. The van der Waals surface area contributed by atoms with Crippen LogP contribution in [0.25, 0.3) is 16.8 Å². The van der Waals surface area contributed by atoms with E-state index >= 15 is 0 Å². The summed E-state index contributed by atoms with van der Waals surface area (Å²) in [5.74, 6) is 1.03. The number of benzene rings is 6. The standard InChI is InChI=1S/C42H37NO/c1-44-38-29-27-37(28-30-38)43(32-41(34-19-10-4-11-20-34)35-21-12-5-13-22-35)42-31-26-36(39-24-14-15-25-40(39)42)23-9-3-8-18-33-16-6-2-7-17-33/h2-22,24-31,41H,23,32H2,1H3/b9-3+,18-8+. The van der Waals surface area contributed by atoms with Crippen molar-refractivity contribution in [3.63, 3.8) is 0 Å². The number of allylic oxidation sites excluding steroid dienone is 3. The molecule has 0 fully saturated rings. The zero-order chi connectivity index (χ0) is 30.0. The maximum atomic E-state index is 5.51. The second-order valence-electron chi connectivity index (χ2n) is 10.9. The molecule has 6 aromatic carbocycles. The van der Waals surface area contributed by atoms with Gasteiger partial charge in [-0.1, -0.05) is 146 Å². The first kappa shape index (κ1) is 28.8. The molecule has 0 saturated carbocycles. The molecule has 6 rings (SSSR count). The first-order valence-corrected chi connectivity index (χ1v) is 15.2. The number of methoxy groups -OCH3 is 1. The van der Waals surface area contributed by atoms with Crippen molar-refractivity contribution >= 4 is 28.2 Å². The van der Waals surface area contributed by atoms with Crippen LogP contribution < -0.4 is 9.64 Å². The average Bonchev–Trinajstić information content (AvgIpc) is 3.10. The van der Waals surface area contributed by atoms with Gasteiger partial charge in [-0.3, -0.25) is 0 Å². The molecule has 216 valence electrons. The third-order valence-corrected chi connectivity index (χ3v) is 8.11. The summed E-state index contributed by atoms with van der Waals surface area (Å²) in [6.45, 7) is 0.786. The van der Waals surface area contributed by atoms with Crippen LogP contribution in [0, 0.1) is 0 Å². The highest BCUT2D eigenvalue weighted by molar-refractivity contribution is 5.98. The van der Waals surface area contributed by atoms with Gasteiger partial charge in [0.15, 0.2) is 0 Å². The normalized spacial score (nSPS) is 11.5. The van der Waals surface area contributed by atoms with Gasteiger partial charge in [-0.2, -0.15) is 0 Å². The third kappa shape index (κ3) is 6.82. The summed E-state index contributed by atoms with van der Waals surface area (Å²) in [5, 5.41) is 2.52. The molecule has 0 bridgehead atoms. The summed E-state index contributed by atoms with van der Waals surface area (Å²) in [6.07, 6.45) is 9.50. The molecule has 0 aliphatic carbocycles. The first-order chi connectivity index (χ1) is 21.8. The van der Waals surface area contributed by atoms with Crippen LogP contribution in [-0.2, 0) is 6.42 Å². The van der Waals surface area contributed by atoms with Gasteiger partial charge in [-0.25, -0.2) is 0 Å². The minimum atomic E-state index is 0.178. The number of anilines is 2. The number of rotatable bonds is 11. The van der Waals surface area contributed by atoms with E-state index in [2.05, 4.69) is 163 Å². The van der Waals surface area contributed by atoms with Crippen molar-refractivity contribution < 1.29 is 4.74 Å². The minimum Gasteiger partial charge on any atom is -0.497 e. The Balaban J connectivity index is 1.38. The predicted octanol–water partition coefficient (Wildman–Crippen LogP) is 10.6. The number of nitrogens with zero attached hydrogens (tertiary/aromatic N) is 1. The van der Waals surface area contributed by atoms with Gasteiger partial charge in [0, 0.05) is 29.2 Å². The Morgan fingerprint density at radius 1 is 0.591 bits per heavy atom. The van der Waals surface area contributed by atoms with E-state index < -0.39 is 0 Å².